The van der Waals surface area contributed by atoms with E-state index in [1.807, 2.05) is 26.6 Å². The first-order chi connectivity index (χ1) is 13.6. The van der Waals surface area contributed by atoms with Crippen LogP contribution in [0, 0.1) is 5.41 Å². The van der Waals surface area contributed by atoms with Crippen LogP contribution in [-0.2, 0) is 23.5 Å². The monoisotopic (exact) mass is 417 g/mol. The second-order valence-corrected chi connectivity index (χ2v) is 12.9. The number of esters is 1. The molecule has 3 rings (SSSR count). The van der Waals surface area contributed by atoms with Gasteiger partial charge in [-0.1, -0.05) is 11.6 Å². The molecular formula is C21H27NO6Si. The van der Waals surface area contributed by atoms with Gasteiger partial charge >= 0.3 is 5.97 Å². The largest absolute Gasteiger partial charge is 0.497 e. The topological polar surface area (TPSA) is 82.1 Å². The van der Waals surface area contributed by atoms with Gasteiger partial charge in [0.2, 0.25) is 5.78 Å². The van der Waals surface area contributed by atoms with E-state index >= 15 is 0 Å². The zero-order valence-corrected chi connectivity index (χ0v) is 18.6. The van der Waals surface area contributed by atoms with Gasteiger partial charge in [0.05, 0.1) is 26.4 Å². The van der Waals surface area contributed by atoms with Crippen molar-refractivity contribution in [1.29, 1.82) is 0 Å². The third kappa shape index (κ3) is 3.40. The third-order valence-electron chi connectivity index (χ3n) is 5.38. The molecule has 0 bridgehead atoms. The van der Waals surface area contributed by atoms with Crippen molar-refractivity contribution in [2.75, 3.05) is 19.1 Å². The van der Waals surface area contributed by atoms with Crippen LogP contribution in [0.2, 0.25) is 19.6 Å². The fourth-order valence-electron chi connectivity index (χ4n) is 4.18. The Morgan fingerprint density at radius 3 is 2.28 bits per heavy atom. The number of carbonyl (C=O) groups excluding carboxylic acids is 3. The average molecular weight is 418 g/mol. The van der Waals surface area contributed by atoms with Crippen molar-refractivity contribution in [1.82, 2.24) is 0 Å². The number of nitrogens with zero attached hydrogens (tertiary/aromatic N) is 1. The third-order valence-corrected chi connectivity index (χ3v) is 6.34. The lowest BCUT2D eigenvalue weighted by molar-refractivity contribution is -0.164. The molecule has 1 amide bonds. The standard InChI is InChI=1S/C21H27NO6Si/c1-13-11-16-21(20(25)27-3,17(12-13)28-29(4,5)6)18(23)19(24)22(16)14-7-9-15(26-2)10-8-14/h7-10,12,16-17H,11H2,1-6H3/t16-,17+,21+/m1/s1. The van der Waals surface area contributed by atoms with Gasteiger partial charge in [-0.15, -0.1) is 0 Å². The molecule has 1 aliphatic carbocycles. The number of ether oxygens (including phenoxy) is 2. The minimum absolute atomic E-state index is 0.379. The summed E-state index contributed by atoms with van der Waals surface area (Å²) in [6.07, 6.45) is 1.33. The van der Waals surface area contributed by atoms with E-state index in [0.29, 0.717) is 17.9 Å². The SMILES string of the molecule is COC(=O)[C@@]12C(=O)C(=O)N(c3ccc(OC)cc3)[C@@H]1CC(C)=C[C@@H]2O[Si](C)(C)C. The van der Waals surface area contributed by atoms with Gasteiger partial charge in [0, 0.05) is 5.69 Å². The number of ketones is 1. The van der Waals surface area contributed by atoms with Crippen molar-refractivity contribution in [3.05, 3.63) is 35.9 Å². The molecule has 0 N–H and O–H groups in total. The predicted octanol–water partition coefficient (Wildman–Crippen LogP) is 2.71. The number of hydrogen-bond donors (Lipinski definition) is 0. The Kier molecular flexibility index (Phi) is 5.44. The molecule has 1 saturated heterocycles. The maximum absolute atomic E-state index is 13.4. The van der Waals surface area contributed by atoms with Gasteiger partial charge in [0.25, 0.3) is 5.91 Å². The van der Waals surface area contributed by atoms with E-state index < -0.39 is 43.5 Å². The molecule has 1 heterocycles. The minimum Gasteiger partial charge on any atom is -0.497 e. The molecule has 1 aromatic carbocycles. The van der Waals surface area contributed by atoms with Gasteiger partial charge in [-0.05, 0) is 57.3 Å². The van der Waals surface area contributed by atoms with Crippen LogP contribution in [0.25, 0.3) is 0 Å². The summed E-state index contributed by atoms with van der Waals surface area (Å²) in [4.78, 5) is 41.0. The number of anilines is 1. The Hall–Kier alpha value is -2.45. The number of fused-ring (bicyclic) bond motifs is 1. The van der Waals surface area contributed by atoms with Crippen LogP contribution in [-0.4, -0.2) is 52.3 Å². The van der Waals surface area contributed by atoms with Crippen molar-refractivity contribution in [3.8, 4) is 5.75 Å². The Balaban J connectivity index is 2.18. The van der Waals surface area contributed by atoms with Gasteiger partial charge in [-0.3, -0.25) is 14.4 Å². The number of Topliss-reactive ketones (excluding diaryl/α,β-unsaturated/α-hetero) is 1. The van der Waals surface area contributed by atoms with Crippen LogP contribution in [0.5, 0.6) is 5.75 Å². The maximum Gasteiger partial charge on any atom is 0.325 e. The molecule has 0 spiro atoms. The number of carbonyl (C=O) groups is 3. The fourth-order valence-corrected chi connectivity index (χ4v) is 5.19. The number of methoxy groups -OCH3 is 2. The zero-order valence-electron chi connectivity index (χ0n) is 17.6. The molecule has 0 unspecified atom stereocenters. The first kappa shape index (κ1) is 21.3. The molecule has 0 aromatic heterocycles. The lowest BCUT2D eigenvalue weighted by Crippen LogP contribution is -2.59. The highest BCUT2D eigenvalue weighted by atomic mass is 28.4. The predicted molar refractivity (Wildman–Crippen MR) is 110 cm³/mol. The molecule has 3 atom stereocenters. The number of amides is 1. The summed E-state index contributed by atoms with van der Waals surface area (Å²) in [5.74, 6) is -1.61. The van der Waals surface area contributed by atoms with Crippen molar-refractivity contribution in [3.63, 3.8) is 0 Å². The number of benzene rings is 1. The first-order valence-electron chi connectivity index (χ1n) is 9.51. The lowest BCUT2D eigenvalue weighted by Gasteiger charge is -2.43. The number of hydrogen-bond acceptors (Lipinski definition) is 6. The van der Waals surface area contributed by atoms with E-state index in [-0.39, 0.29) is 0 Å². The van der Waals surface area contributed by atoms with Gasteiger partial charge in [0.15, 0.2) is 13.7 Å². The lowest BCUT2D eigenvalue weighted by atomic mass is 9.68. The van der Waals surface area contributed by atoms with Crippen molar-refractivity contribution in [2.24, 2.45) is 5.41 Å². The van der Waals surface area contributed by atoms with Crippen LogP contribution < -0.4 is 9.64 Å². The molecule has 0 radical (unpaired) electrons. The zero-order chi connectivity index (χ0) is 21.6. The molecule has 7 nitrogen and oxygen atoms in total. The van der Waals surface area contributed by atoms with E-state index in [9.17, 15) is 14.4 Å². The van der Waals surface area contributed by atoms with Crippen LogP contribution in [0.15, 0.2) is 35.9 Å². The van der Waals surface area contributed by atoms with E-state index in [2.05, 4.69) is 0 Å². The molecule has 8 heteroatoms. The smallest absolute Gasteiger partial charge is 0.325 e. The molecule has 2 aliphatic rings. The van der Waals surface area contributed by atoms with Crippen molar-refractivity contribution in [2.45, 2.75) is 45.1 Å². The van der Waals surface area contributed by atoms with Crippen molar-refractivity contribution < 1.29 is 28.3 Å². The fraction of sp³-hybridized carbons (Fsp3) is 0.476. The van der Waals surface area contributed by atoms with Gasteiger partial charge in [-0.25, -0.2) is 0 Å². The quantitative estimate of drug-likeness (QED) is 0.241. The first-order valence-corrected chi connectivity index (χ1v) is 12.9. The molecule has 156 valence electrons. The van der Waals surface area contributed by atoms with E-state index in [4.69, 9.17) is 13.9 Å². The van der Waals surface area contributed by atoms with E-state index in [0.717, 1.165) is 5.57 Å². The molecule has 1 aliphatic heterocycles. The highest BCUT2D eigenvalue weighted by Crippen LogP contribution is 2.49. The highest BCUT2D eigenvalue weighted by molar-refractivity contribution is 6.69. The van der Waals surface area contributed by atoms with E-state index in [1.54, 1.807) is 37.5 Å². The minimum atomic E-state index is -2.16. The summed E-state index contributed by atoms with van der Waals surface area (Å²) in [6, 6.07) is 6.13. The molecular weight excluding hydrogens is 390 g/mol. The van der Waals surface area contributed by atoms with Gasteiger partial charge < -0.3 is 18.8 Å². The van der Waals surface area contributed by atoms with E-state index in [1.165, 1.54) is 12.0 Å². The van der Waals surface area contributed by atoms with Crippen molar-refractivity contribution >= 4 is 31.7 Å². The van der Waals surface area contributed by atoms with Gasteiger partial charge in [-0.2, -0.15) is 0 Å². The van der Waals surface area contributed by atoms with Gasteiger partial charge in [0.1, 0.15) is 5.75 Å². The highest BCUT2D eigenvalue weighted by Gasteiger charge is 2.70. The summed E-state index contributed by atoms with van der Waals surface area (Å²) >= 11 is 0. The second-order valence-electron chi connectivity index (χ2n) is 8.45. The Bertz CT molecular complexity index is 872. The average Bonchev–Trinajstić information content (AvgIpc) is 2.88. The summed E-state index contributed by atoms with van der Waals surface area (Å²) in [6.45, 7) is 7.86. The molecule has 29 heavy (non-hydrogen) atoms. The van der Waals surface area contributed by atoms with Crippen LogP contribution in [0.1, 0.15) is 13.3 Å². The Labute approximate surface area is 171 Å². The Morgan fingerprint density at radius 2 is 1.76 bits per heavy atom. The van der Waals surface area contributed by atoms with Crippen LogP contribution in [0.3, 0.4) is 0 Å². The summed E-state index contributed by atoms with van der Waals surface area (Å²) in [5, 5.41) is 0. The number of rotatable bonds is 5. The summed E-state index contributed by atoms with van der Waals surface area (Å²) in [5.41, 5.74) is -0.230. The molecule has 1 aromatic rings. The summed E-state index contributed by atoms with van der Waals surface area (Å²) < 4.78 is 16.5. The normalized spacial score (nSPS) is 26.8. The molecule has 1 fully saturated rings. The second kappa shape index (κ2) is 7.42. The van der Waals surface area contributed by atoms with Crippen LogP contribution in [0.4, 0.5) is 5.69 Å². The Morgan fingerprint density at radius 1 is 1.14 bits per heavy atom. The maximum atomic E-state index is 13.4. The van der Waals surface area contributed by atoms with Crippen LogP contribution >= 0.6 is 0 Å². The summed E-state index contributed by atoms with van der Waals surface area (Å²) in [7, 11) is 0.630. The molecule has 0 saturated carbocycles.